The van der Waals surface area contributed by atoms with E-state index in [1.165, 1.54) is 22.9 Å². The molecule has 0 unspecified atom stereocenters. The maximum Gasteiger partial charge on any atom is 0.516 e. The molecule has 2 N–H and O–H groups in total. The van der Waals surface area contributed by atoms with Crippen molar-refractivity contribution in [2.24, 2.45) is 0 Å². The van der Waals surface area contributed by atoms with Crippen molar-refractivity contribution in [2.45, 2.75) is 32.2 Å². The van der Waals surface area contributed by atoms with Crippen molar-refractivity contribution in [1.29, 1.82) is 5.41 Å². The topological polar surface area (TPSA) is 70.0 Å². The smallest absolute Gasteiger partial charge is 0.305 e. The molecule has 112 valence electrons. The Morgan fingerprint density at radius 3 is 2.45 bits per heavy atom. The Kier molecular flexibility index (Phi) is 4.80. The van der Waals surface area contributed by atoms with Crippen LogP contribution >= 0.6 is 0 Å². The van der Waals surface area contributed by atoms with Crippen LogP contribution in [0.3, 0.4) is 0 Å². The first-order valence-electron chi connectivity index (χ1n) is 5.86. The summed E-state index contributed by atoms with van der Waals surface area (Å²) in [6.45, 7) is 3.54. The van der Waals surface area contributed by atoms with Gasteiger partial charge in [0.05, 0.1) is 5.69 Å². The lowest BCUT2D eigenvalue weighted by Gasteiger charge is -2.15. The van der Waals surface area contributed by atoms with Crippen LogP contribution in [-0.2, 0) is 10.0 Å². The van der Waals surface area contributed by atoms with Gasteiger partial charge < -0.3 is 5.41 Å². The highest BCUT2D eigenvalue weighted by molar-refractivity contribution is 7.93. The van der Waals surface area contributed by atoms with Gasteiger partial charge in [-0.1, -0.05) is 25.0 Å². The van der Waals surface area contributed by atoms with Gasteiger partial charge in [-0.25, -0.2) is 0 Å². The SMILES string of the molecule is CCCC(=N)c1cc(C)ccc1NS(=O)(=O)C(F)(F)F. The van der Waals surface area contributed by atoms with Crippen molar-refractivity contribution in [3.8, 4) is 0 Å². The Hall–Kier alpha value is -1.57. The first-order chi connectivity index (χ1) is 9.08. The minimum atomic E-state index is -5.48. The number of anilines is 1. The molecule has 1 aromatic rings. The second kappa shape index (κ2) is 5.82. The van der Waals surface area contributed by atoms with Gasteiger partial charge >= 0.3 is 15.5 Å². The van der Waals surface area contributed by atoms with Gasteiger partial charge in [-0.2, -0.15) is 21.6 Å². The second-order valence-electron chi connectivity index (χ2n) is 4.33. The maximum absolute atomic E-state index is 12.4. The summed E-state index contributed by atoms with van der Waals surface area (Å²) in [4.78, 5) is 0. The van der Waals surface area contributed by atoms with Crippen molar-refractivity contribution in [3.63, 3.8) is 0 Å². The third kappa shape index (κ3) is 3.72. The number of nitrogens with one attached hydrogen (secondary N) is 2. The molecule has 8 heteroatoms. The summed E-state index contributed by atoms with van der Waals surface area (Å²) in [5.41, 5.74) is -4.62. The summed E-state index contributed by atoms with van der Waals surface area (Å²) >= 11 is 0. The highest BCUT2D eigenvalue weighted by Crippen LogP contribution is 2.28. The quantitative estimate of drug-likeness (QED) is 0.818. The van der Waals surface area contributed by atoms with Crippen LogP contribution in [0.2, 0.25) is 0 Å². The summed E-state index contributed by atoms with van der Waals surface area (Å²) in [6, 6.07) is 4.21. The van der Waals surface area contributed by atoms with Crippen molar-refractivity contribution >= 4 is 21.4 Å². The molecule has 0 aliphatic carbocycles. The van der Waals surface area contributed by atoms with E-state index in [9.17, 15) is 21.6 Å². The predicted molar refractivity (Wildman–Crippen MR) is 71.5 cm³/mol. The zero-order valence-corrected chi connectivity index (χ0v) is 11.8. The fraction of sp³-hybridized carbons (Fsp3) is 0.417. The average molecular weight is 308 g/mol. The summed E-state index contributed by atoms with van der Waals surface area (Å²) in [5.74, 6) is 0. The van der Waals surface area contributed by atoms with Gasteiger partial charge in [0.15, 0.2) is 0 Å². The van der Waals surface area contributed by atoms with Crippen molar-refractivity contribution in [3.05, 3.63) is 29.3 Å². The number of rotatable bonds is 5. The monoisotopic (exact) mass is 308 g/mol. The van der Waals surface area contributed by atoms with E-state index in [4.69, 9.17) is 5.41 Å². The van der Waals surface area contributed by atoms with Crippen molar-refractivity contribution in [2.75, 3.05) is 4.72 Å². The zero-order chi connectivity index (χ0) is 15.6. The maximum atomic E-state index is 12.4. The van der Waals surface area contributed by atoms with Crippen LogP contribution in [0, 0.1) is 12.3 Å². The van der Waals surface area contributed by atoms with E-state index in [-0.39, 0.29) is 17.0 Å². The molecule has 4 nitrogen and oxygen atoms in total. The minimum Gasteiger partial charge on any atom is -0.305 e. The molecule has 0 heterocycles. The zero-order valence-electron chi connectivity index (χ0n) is 11.0. The Balaban J connectivity index is 3.23. The molecule has 0 radical (unpaired) electrons. The van der Waals surface area contributed by atoms with E-state index in [0.717, 1.165) is 5.56 Å². The number of benzene rings is 1. The number of sulfonamides is 1. The molecule has 0 atom stereocenters. The van der Waals surface area contributed by atoms with E-state index in [2.05, 4.69) is 0 Å². The summed E-state index contributed by atoms with van der Waals surface area (Å²) in [5, 5.41) is 7.81. The lowest BCUT2D eigenvalue weighted by Crippen LogP contribution is -2.30. The number of hydrogen-bond acceptors (Lipinski definition) is 3. The number of alkyl halides is 3. The van der Waals surface area contributed by atoms with Crippen LogP contribution < -0.4 is 4.72 Å². The average Bonchev–Trinajstić information content (AvgIpc) is 2.30. The number of halogens is 3. The molecular formula is C12H15F3N2O2S. The molecule has 0 saturated heterocycles. The van der Waals surface area contributed by atoms with Gasteiger partial charge in [0, 0.05) is 11.3 Å². The number of aryl methyl sites for hydroxylation is 1. The molecule has 0 fully saturated rings. The van der Waals surface area contributed by atoms with Crippen LogP contribution in [0.15, 0.2) is 18.2 Å². The molecule has 0 amide bonds. The molecule has 0 spiro atoms. The van der Waals surface area contributed by atoms with E-state index in [0.29, 0.717) is 12.8 Å². The van der Waals surface area contributed by atoms with Gasteiger partial charge in [0.1, 0.15) is 0 Å². The molecule has 0 aliphatic heterocycles. The highest BCUT2D eigenvalue weighted by atomic mass is 32.2. The number of hydrogen-bond donors (Lipinski definition) is 2. The van der Waals surface area contributed by atoms with Crippen molar-refractivity contribution < 1.29 is 21.6 Å². The second-order valence-corrected chi connectivity index (χ2v) is 6.00. The molecule has 0 saturated carbocycles. The fourth-order valence-corrected chi connectivity index (χ4v) is 2.17. The van der Waals surface area contributed by atoms with Crippen LogP contribution in [0.4, 0.5) is 18.9 Å². The minimum absolute atomic E-state index is 0.0936. The van der Waals surface area contributed by atoms with E-state index in [1.807, 2.05) is 6.92 Å². The van der Waals surface area contributed by atoms with E-state index in [1.54, 1.807) is 6.92 Å². The highest BCUT2D eigenvalue weighted by Gasteiger charge is 2.46. The standard InChI is InChI=1S/C12H15F3N2O2S/c1-3-4-10(16)9-7-8(2)5-6-11(9)17-20(18,19)12(13,14)15/h5-7,16-17H,3-4H2,1-2H3. The van der Waals surface area contributed by atoms with Crippen LogP contribution in [0.1, 0.15) is 30.9 Å². The Bertz CT molecular complexity index is 610. The lowest BCUT2D eigenvalue weighted by molar-refractivity contribution is -0.0429. The summed E-state index contributed by atoms with van der Waals surface area (Å²) in [7, 11) is -5.48. The lowest BCUT2D eigenvalue weighted by atomic mass is 10.0. The Morgan fingerprint density at radius 1 is 1.35 bits per heavy atom. The summed E-state index contributed by atoms with van der Waals surface area (Å²) in [6.07, 6.45) is 0.989. The van der Waals surface area contributed by atoms with Crippen LogP contribution in [0.25, 0.3) is 0 Å². The molecule has 1 rings (SSSR count). The normalized spacial score (nSPS) is 12.2. The van der Waals surface area contributed by atoms with E-state index >= 15 is 0 Å². The van der Waals surface area contributed by atoms with Gasteiger partial charge in [-0.3, -0.25) is 4.72 Å². The molecular weight excluding hydrogens is 293 g/mol. The Morgan fingerprint density at radius 2 is 1.95 bits per heavy atom. The third-order valence-corrected chi connectivity index (χ3v) is 3.65. The molecule has 0 bridgehead atoms. The molecule has 0 aliphatic rings. The molecule has 0 aromatic heterocycles. The van der Waals surface area contributed by atoms with Gasteiger partial charge in [-0.15, -0.1) is 0 Å². The van der Waals surface area contributed by atoms with Crippen molar-refractivity contribution in [1.82, 2.24) is 0 Å². The first-order valence-corrected chi connectivity index (χ1v) is 7.34. The Labute approximate surface area is 115 Å². The molecule has 1 aromatic carbocycles. The predicted octanol–water partition coefficient (Wildman–Crippen LogP) is 3.42. The first kappa shape index (κ1) is 16.5. The fourth-order valence-electron chi connectivity index (χ4n) is 1.58. The molecule has 20 heavy (non-hydrogen) atoms. The van der Waals surface area contributed by atoms with Gasteiger partial charge in [-0.05, 0) is 25.5 Å². The van der Waals surface area contributed by atoms with Gasteiger partial charge in [0.2, 0.25) is 0 Å². The summed E-state index contributed by atoms with van der Waals surface area (Å²) < 4.78 is 60.9. The van der Waals surface area contributed by atoms with Crippen LogP contribution in [0.5, 0.6) is 0 Å². The largest absolute Gasteiger partial charge is 0.516 e. The van der Waals surface area contributed by atoms with Gasteiger partial charge in [0.25, 0.3) is 0 Å². The third-order valence-electron chi connectivity index (χ3n) is 2.55. The van der Waals surface area contributed by atoms with Crippen LogP contribution in [-0.4, -0.2) is 19.6 Å². The van der Waals surface area contributed by atoms with E-state index < -0.39 is 15.5 Å².